The number of benzene rings is 1. The van der Waals surface area contributed by atoms with Gasteiger partial charge in [-0.1, -0.05) is 29.3 Å². The van der Waals surface area contributed by atoms with E-state index in [9.17, 15) is 22.8 Å². The largest absolute Gasteiger partial charge is 0.465 e. The number of hydrogen-bond donors (Lipinski definition) is 0. The van der Waals surface area contributed by atoms with Crippen molar-refractivity contribution in [3.8, 4) is 0 Å². The first kappa shape index (κ1) is 17.4. The topological polar surface area (TPSA) is 46.6 Å². The summed E-state index contributed by atoms with van der Waals surface area (Å²) in [4.78, 5) is 24.6. The lowest BCUT2D eigenvalue weighted by Crippen LogP contribution is -2.25. The van der Waals surface area contributed by atoms with Gasteiger partial charge in [-0.05, 0) is 18.2 Å². The van der Waals surface area contributed by atoms with Gasteiger partial charge >= 0.3 is 12.1 Å². The molecule has 1 amide bonds. The van der Waals surface area contributed by atoms with E-state index in [0.717, 1.165) is 36.3 Å². The molecule has 1 aliphatic rings. The minimum Gasteiger partial charge on any atom is -0.465 e. The number of ether oxygens (including phenoxy) is 1. The number of esters is 1. The fraction of sp³-hybridized carbons (Fsp3) is 0.143. The summed E-state index contributed by atoms with van der Waals surface area (Å²) in [5, 5.41) is 0. The monoisotopic (exact) mass is 365 g/mol. The summed E-state index contributed by atoms with van der Waals surface area (Å²) in [5.74, 6) is -1.65. The third kappa shape index (κ3) is 3.35. The molecule has 0 bridgehead atoms. The molecule has 122 valence electrons. The van der Waals surface area contributed by atoms with Crippen molar-refractivity contribution >= 4 is 40.8 Å². The van der Waals surface area contributed by atoms with Crippen LogP contribution in [0.5, 0.6) is 0 Å². The quantitative estimate of drug-likeness (QED) is 0.749. The first-order valence-electron chi connectivity index (χ1n) is 6.04. The highest BCUT2D eigenvalue weighted by Gasteiger charge is 2.37. The average molecular weight is 366 g/mol. The summed E-state index contributed by atoms with van der Waals surface area (Å²) in [6.07, 6.45) is -3.70. The Morgan fingerprint density at radius 3 is 2.43 bits per heavy atom. The molecule has 0 unspecified atom stereocenters. The third-order valence-corrected chi connectivity index (χ3v) is 3.34. The standard InChI is InChI=1S/C14H8Cl2F3NO3/c1-23-13(22)9-6-10(21)20(11(9)12(15)16)8-4-2-3-7(5-8)14(17,18)19/h2-6H,1H3. The van der Waals surface area contributed by atoms with Gasteiger partial charge in [0.1, 0.15) is 4.49 Å². The van der Waals surface area contributed by atoms with Crippen LogP contribution >= 0.6 is 23.2 Å². The Labute approximate surface area is 138 Å². The Balaban J connectivity index is 2.55. The van der Waals surface area contributed by atoms with Gasteiger partial charge in [-0.2, -0.15) is 13.2 Å². The molecule has 2 rings (SSSR count). The van der Waals surface area contributed by atoms with Gasteiger partial charge in [-0.25, -0.2) is 4.79 Å². The molecule has 0 saturated carbocycles. The lowest BCUT2D eigenvalue weighted by Gasteiger charge is -2.21. The number of hydrogen-bond acceptors (Lipinski definition) is 3. The summed E-state index contributed by atoms with van der Waals surface area (Å²) in [5.41, 5.74) is -1.56. The van der Waals surface area contributed by atoms with E-state index in [1.165, 1.54) is 6.07 Å². The summed E-state index contributed by atoms with van der Waals surface area (Å²) in [6, 6.07) is 3.99. The minimum absolute atomic E-state index is 0.131. The van der Waals surface area contributed by atoms with E-state index in [1.54, 1.807) is 0 Å². The molecule has 0 saturated heterocycles. The van der Waals surface area contributed by atoms with Crippen LogP contribution in [0.1, 0.15) is 5.56 Å². The van der Waals surface area contributed by atoms with Gasteiger partial charge in [0, 0.05) is 11.8 Å². The SMILES string of the molecule is COC(=O)C1=CC(=O)N(c2cccc(C(F)(F)F)c2)C1=C(Cl)Cl. The van der Waals surface area contributed by atoms with Crippen LogP contribution in [0.25, 0.3) is 0 Å². The highest BCUT2D eigenvalue weighted by atomic mass is 35.5. The molecule has 9 heteroatoms. The Bertz CT molecular complexity index is 737. The van der Waals surface area contributed by atoms with Crippen LogP contribution in [0.3, 0.4) is 0 Å². The molecule has 0 spiro atoms. The highest BCUT2D eigenvalue weighted by molar-refractivity contribution is 6.57. The second kappa shape index (κ2) is 6.25. The van der Waals surface area contributed by atoms with Crippen molar-refractivity contribution in [1.29, 1.82) is 0 Å². The molecule has 23 heavy (non-hydrogen) atoms. The van der Waals surface area contributed by atoms with Gasteiger partial charge in [-0.3, -0.25) is 9.69 Å². The zero-order valence-corrected chi connectivity index (χ0v) is 13.0. The van der Waals surface area contributed by atoms with E-state index in [-0.39, 0.29) is 17.0 Å². The van der Waals surface area contributed by atoms with Crippen molar-refractivity contribution in [2.45, 2.75) is 6.18 Å². The number of nitrogens with zero attached hydrogens (tertiary/aromatic N) is 1. The Hall–Kier alpha value is -1.99. The van der Waals surface area contributed by atoms with Crippen LogP contribution in [-0.4, -0.2) is 19.0 Å². The zero-order valence-electron chi connectivity index (χ0n) is 11.4. The molecular formula is C14H8Cl2F3NO3. The van der Waals surface area contributed by atoms with Crippen molar-refractivity contribution < 1.29 is 27.5 Å². The third-order valence-electron chi connectivity index (χ3n) is 2.98. The second-order valence-electron chi connectivity index (χ2n) is 4.38. The maximum Gasteiger partial charge on any atom is 0.416 e. The van der Waals surface area contributed by atoms with Crippen LogP contribution in [-0.2, 0) is 20.5 Å². The molecule has 1 aliphatic heterocycles. The smallest absolute Gasteiger partial charge is 0.416 e. The fourth-order valence-electron chi connectivity index (χ4n) is 2.02. The maximum atomic E-state index is 12.8. The number of alkyl halides is 3. The molecule has 0 aromatic heterocycles. The fourth-order valence-corrected chi connectivity index (χ4v) is 2.39. The lowest BCUT2D eigenvalue weighted by atomic mass is 10.1. The van der Waals surface area contributed by atoms with Gasteiger partial charge in [0.2, 0.25) is 0 Å². The van der Waals surface area contributed by atoms with Crippen molar-refractivity contribution in [2.75, 3.05) is 12.0 Å². The Morgan fingerprint density at radius 1 is 1.26 bits per heavy atom. The van der Waals surface area contributed by atoms with Crippen LogP contribution in [0.4, 0.5) is 18.9 Å². The van der Waals surface area contributed by atoms with Crippen molar-refractivity contribution in [3.05, 3.63) is 51.7 Å². The number of amides is 1. The zero-order chi connectivity index (χ0) is 17.4. The predicted molar refractivity (Wildman–Crippen MR) is 77.8 cm³/mol. The summed E-state index contributed by atoms with van der Waals surface area (Å²) < 4.78 is 42.5. The first-order valence-corrected chi connectivity index (χ1v) is 6.79. The molecule has 0 aliphatic carbocycles. The Morgan fingerprint density at radius 2 is 1.91 bits per heavy atom. The van der Waals surface area contributed by atoms with E-state index in [2.05, 4.69) is 4.74 Å². The Kier molecular flexibility index (Phi) is 4.72. The van der Waals surface area contributed by atoms with Crippen molar-refractivity contribution in [2.24, 2.45) is 0 Å². The van der Waals surface area contributed by atoms with Gasteiger partial charge in [0.05, 0.1) is 23.9 Å². The van der Waals surface area contributed by atoms with Gasteiger partial charge in [0.15, 0.2) is 0 Å². The van der Waals surface area contributed by atoms with Crippen LogP contribution < -0.4 is 4.90 Å². The molecule has 0 radical (unpaired) electrons. The molecule has 0 fully saturated rings. The number of anilines is 1. The summed E-state index contributed by atoms with van der Waals surface area (Å²) in [7, 11) is 1.08. The number of halogens is 5. The van der Waals surface area contributed by atoms with Gasteiger partial charge in [0.25, 0.3) is 5.91 Å². The number of rotatable bonds is 2. The number of methoxy groups -OCH3 is 1. The van der Waals surface area contributed by atoms with Crippen LogP contribution in [0.15, 0.2) is 46.1 Å². The van der Waals surface area contributed by atoms with Crippen LogP contribution in [0, 0.1) is 0 Å². The normalized spacial score (nSPS) is 14.9. The van der Waals surface area contributed by atoms with E-state index < -0.39 is 28.1 Å². The predicted octanol–water partition coefficient (Wildman–Crippen LogP) is 3.80. The molecule has 1 heterocycles. The minimum atomic E-state index is -4.59. The average Bonchev–Trinajstić information content (AvgIpc) is 2.83. The molecule has 1 aromatic rings. The molecule has 1 aromatic carbocycles. The summed E-state index contributed by atoms with van der Waals surface area (Å²) >= 11 is 11.4. The molecule has 4 nitrogen and oxygen atoms in total. The summed E-state index contributed by atoms with van der Waals surface area (Å²) in [6.45, 7) is 0. The van der Waals surface area contributed by atoms with E-state index in [4.69, 9.17) is 23.2 Å². The molecule has 0 atom stereocenters. The van der Waals surface area contributed by atoms with Crippen LogP contribution in [0.2, 0.25) is 0 Å². The molecule has 0 N–H and O–H groups in total. The lowest BCUT2D eigenvalue weighted by molar-refractivity contribution is -0.138. The number of carbonyl (C=O) groups is 2. The van der Waals surface area contributed by atoms with E-state index >= 15 is 0 Å². The maximum absolute atomic E-state index is 12.8. The van der Waals surface area contributed by atoms with Gasteiger partial charge in [-0.15, -0.1) is 0 Å². The second-order valence-corrected chi connectivity index (χ2v) is 5.33. The van der Waals surface area contributed by atoms with Gasteiger partial charge < -0.3 is 4.74 Å². The van der Waals surface area contributed by atoms with E-state index in [1.807, 2.05) is 0 Å². The van der Waals surface area contributed by atoms with Crippen molar-refractivity contribution in [3.63, 3.8) is 0 Å². The van der Waals surface area contributed by atoms with Crippen molar-refractivity contribution in [1.82, 2.24) is 0 Å². The highest BCUT2D eigenvalue weighted by Crippen LogP contribution is 2.38. The first-order chi connectivity index (χ1) is 10.7. The molecular weight excluding hydrogens is 358 g/mol. The number of carbonyl (C=O) groups excluding carboxylic acids is 2. The van der Waals surface area contributed by atoms with E-state index in [0.29, 0.717) is 0 Å².